The van der Waals surface area contributed by atoms with Gasteiger partial charge >= 0.3 is 0 Å². The van der Waals surface area contributed by atoms with Crippen LogP contribution >= 0.6 is 0 Å². The summed E-state index contributed by atoms with van der Waals surface area (Å²) in [6.45, 7) is 2.20. The number of aryl methyl sites for hydroxylation is 1. The maximum absolute atomic E-state index is 14.1. The smallest absolute Gasteiger partial charge is 0.291 e. The van der Waals surface area contributed by atoms with Crippen LogP contribution in [0.25, 0.3) is 21.8 Å². The van der Waals surface area contributed by atoms with Crippen LogP contribution in [-0.4, -0.2) is 51.3 Å². The topological polar surface area (TPSA) is 63.4 Å². The number of carbonyl (C=O) groups excluding carboxylic acids is 1. The number of benzene rings is 2. The van der Waals surface area contributed by atoms with E-state index in [9.17, 15) is 14.0 Å². The number of amides is 1. The Labute approximate surface area is 177 Å². The van der Waals surface area contributed by atoms with E-state index in [1.807, 2.05) is 35.2 Å². The molecular weight excluding hydrogens is 397 g/mol. The number of carbonyl (C=O) groups is 1. The Balaban J connectivity index is 1.42. The van der Waals surface area contributed by atoms with Crippen LogP contribution in [0.3, 0.4) is 0 Å². The predicted molar refractivity (Wildman–Crippen MR) is 118 cm³/mol. The molecular formula is C23H22FN5O2. The molecule has 0 unspecified atom stereocenters. The third-order valence-corrected chi connectivity index (χ3v) is 5.99. The molecule has 0 N–H and O–H groups in total. The molecule has 1 fully saturated rings. The van der Waals surface area contributed by atoms with Gasteiger partial charge in [0, 0.05) is 49.5 Å². The van der Waals surface area contributed by atoms with Crippen molar-refractivity contribution in [1.29, 1.82) is 0 Å². The summed E-state index contributed by atoms with van der Waals surface area (Å²) in [5.74, 6) is -0.313. The number of para-hydroxylation sites is 2. The van der Waals surface area contributed by atoms with Gasteiger partial charge in [-0.05, 0) is 18.2 Å². The first-order valence-corrected chi connectivity index (χ1v) is 10.2. The third kappa shape index (κ3) is 3.24. The first kappa shape index (κ1) is 19.3. The molecule has 2 aromatic carbocycles. The quantitative estimate of drug-likeness (QED) is 0.512. The van der Waals surface area contributed by atoms with Gasteiger partial charge in [0.05, 0.1) is 11.9 Å². The Morgan fingerprint density at radius 3 is 2.48 bits per heavy atom. The van der Waals surface area contributed by atoms with Gasteiger partial charge in [0.25, 0.3) is 5.56 Å². The number of halogens is 1. The number of hydrogen-bond acceptors (Lipinski definition) is 4. The lowest BCUT2D eigenvalue weighted by molar-refractivity contribution is -0.132. The van der Waals surface area contributed by atoms with E-state index in [4.69, 9.17) is 0 Å². The second kappa shape index (κ2) is 7.54. The summed E-state index contributed by atoms with van der Waals surface area (Å²) in [6.07, 6.45) is 1.67. The van der Waals surface area contributed by atoms with Crippen molar-refractivity contribution in [3.8, 4) is 0 Å². The second-order valence-corrected chi connectivity index (χ2v) is 7.76. The van der Waals surface area contributed by atoms with Crippen molar-refractivity contribution >= 4 is 33.4 Å². The van der Waals surface area contributed by atoms with Crippen LogP contribution in [0.4, 0.5) is 10.1 Å². The van der Waals surface area contributed by atoms with E-state index in [0.29, 0.717) is 37.4 Å². The Morgan fingerprint density at radius 1 is 1.00 bits per heavy atom. The normalized spacial score (nSPS) is 14.5. The lowest BCUT2D eigenvalue weighted by atomic mass is 10.2. The maximum atomic E-state index is 14.1. The van der Waals surface area contributed by atoms with Crippen LogP contribution in [0, 0.1) is 5.82 Å². The minimum Gasteiger partial charge on any atom is -0.366 e. The highest BCUT2D eigenvalue weighted by molar-refractivity contribution is 6.07. The zero-order chi connectivity index (χ0) is 21.5. The average Bonchev–Trinajstić information content (AvgIpc) is 3.11. The monoisotopic (exact) mass is 419 g/mol. The molecule has 0 atom stereocenters. The number of anilines is 1. The van der Waals surface area contributed by atoms with E-state index in [2.05, 4.69) is 5.10 Å². The fourth-order valence-corrected chi connectivity index (χ4v) is 4.35. The van der Waals surface area contributed by atoms with Crippen molar-refractivity contribution in [3.63, 3.8) is 0 Å². The molecule has 31 heavy (non-hydrogen) atoms. The van der Waals surface area contributed by atoms with Gasteiger partial charge in [-0.3, -0.25) is 9.59 Å². The molecule has 1 aliphatic rings. The van der Waals surface area contributed by atoms with E-state index in [1.54, 1.807) is 34.8 Å². The average molecular weight is 419 g/mol. The molecule has 7 nitrogen and oxygen atoms in total. The van der Waals surface area contributed by atoms with E-state index in [1.165, 1.54) is 10.7 Å². The fourth-order valence-electron chi connectivity index (χ4n) is 4.35. The number of nitrogens with zero attached hydrogens (tertiary/aromatic N) is 5. The molecule has 4 aromatic rings. The summed E-state index contributed by atoms with van der Waals surface area (Å²) in [5.41, 5.74) is 1.65. The van der Waals surface area contributed by atoms with Gasteiger partial charge in [-0.25, -0.2) is 9.07 Å². The first-order chi connectivity index (χ1) is 15.0. The third-order valence-electron chi connectivity index (χ3n) is 5.99. The summed E-state index contributed by atoms with van der Waals surface area (Å²) >= 11 is 0. The molecule has 158 valence electrons. The van der Waals surface area contributed by atoms with Gasteiger partial charge in [0.15, 0.2) is 0 Å². The molecule has 8 heteroatoms. The molecule has 2 aromatic heterocycles. The van der Waals surface area contributed by atoms with E-state index in [0.717, 1.165) is 16.3 Å². The van der Waals surface area contributed by atoms with Gasteiger partial charge in [-0.1, -0.05) is 30.3 Å². The number of fused-ring (bicyclic) bond motifs is 3. The summed E-state index contributed by atoms with van der Waals surface area (Å²) < 4.78 is 17.2. The van der Waals surface area contributed by atoms with Gasteiger partial charge in [0.2, 0.25) is 5.91 Å². The molecule has 1 amide bonds. The second-order valence-electron chi connectivity index (χ2n) is 7.76. The first-order valence-electron chi connectivity index (χ1n) is 10.2. The number of aromatic nitrogens is 3. The number of hydrogen-bond donors (Lipinski definition) is 0. The van der Waals surface area contributed by atoms with Crippen molar-refractivity contribution in [3.05, 3.63) is 70.9 Å². The van der Waals surface area contributed by atoms with Crippen LogP contribution in [0.1, 0.15) is 0 Å². The highest BCUT2D eigenvalue weighted by Gasteiger charge is 2.24. The van der Waals surface area contributed by atoms with E-state index in [-0.39, 0.29) is 23.8 Å². The van der Waals surface area contributed by atoms with Crippen LogP contribution in [0.5, 0.6) is 0 Å². The van der Waals surface area contributed by atoms with Gasteiger partial charge in [0.1, 0.15) is 17.9 Å². The number of piperazine rings is 1. The Bertz CT molecular complexity index is 1350. The predicted octanol–water partition coefficient (Wildman–Crippen LogP) is 2.38. The molecule has 3 heterocycles. The molecule has 0 spiro atoms. The lowest BCUT2D eigenvalue weighted by Gasteiger charge is -2.36. The molecule has 0 bridgehead atoms. The summed E-state index contributed by atoms with van der Waals surface area (Å²) in [4.78, 5) is 29.7. The zero-order valence-electron chi connectivity index (χ0n) is 17.2. The van der Waals surface area contributed by atoms with Gasteiger partial charge in [-0.2, -0.15) is 5.10 Å². The van der Waals surface area contributed by atoms with Gasteiger partial charge in [-0.15, -0.1) is 0 Å². The van der Waals surface area contributed by atoms with Crippen molar-refractivity contribution in [2.45, 2.75) is 6.54 Å². The zero-order valence-corrected chi connectivity index (χ0v) is 17.2. The van der Waals surface area contributed by atoms with Gasteiger partial charge < -0.3 is 14.4 Å². The van der Waals surface area contributed by atoms with Crippen LogP contribution in [-0.2, 0) is 18.4 Å². The van der Waals surface area contributed by atoms with E-state index < -0.39 is 0 Å². The van der Waals surface area contributed by atoms with Crippen molar-refractivity contribution < 1.29 is 9.18 Å². The SMILES string of the molecule is Cn1ncc2c3ccccc3n(CC(=O)N3CCN(c4ccccc4F)CC3)c2c1=O. The van der Waals surface area contributed by atoms with Crippen molar-refractivity contribution in [1.82, 2.24) is 19.2 Å². The fraction of sp³-hybridized carbons (Fsp3) is 0.261. The van der Waals surface area contributed by atoms with Crippen LogP contribution in [0.15, 0.2) is 59.5 Å². The molecule has 5 rings (SSSR count). The summed E-state index contributed by atoms with van der Waals surface area (Å²) in [7, 11) is 1.60. The molecule has 0 aliphatic carbocycles. The van der Waals surface area contributed by atoms with Crippen LogP contribution in [0.2, 0.25) is 0 Å². The Hall–Kier alpha value is -3.68. The van der Waals surface area contributed by atoms with Crippen LogP contribution < -0.4 is 10.5 Å². The molecule has 0 radical (unpaired) electrons. The Kier molecular flexibility index (Phi) is 4.69. The van der Waals surface area contributed by atoms with E-state index >= 15 is 0 Å². The Morgan fingerprint density at radius 2 is 1.71 bits per heavy atom. The summed E-state index contributed by atoms with van der Waals surface area (Å²) in [5, 5.41) is 5.79. The van der Waals surface area contributed by atoms with Crippen molar-refractivity contribution in [2.75, 3.05) is 31.1 Å². The minimum atomic E-state index is -0.253. The number of rotatable bonds is 3. The highest BCUT2D eigenvalue weighted by atomic mass is 19.1. The molecule has 0 saturated carbocycles. The largest absolute Gasteiger partial charge is 0.366 e. The van der Waals surface area contributed by atoms with Crippen molar-refractivity contribution in [2.24, 2.45) is 7.05 Å². The minimum absolute atomic E-state index is 0.0605. The lowest BCUT2D eigenvalue weighted by Crippen LogP contribution is -2.49. The highest BCUT2D eigenvalue weighted by Crippen LogP contribution is 2.26. The maximum Gasteiger partial charge on any atom is 0.291 e. The molecule has 1 aliphatic heterocycles. The standard InChI is InChI=1S/C23H22FN5O2/c1-26-23(31)22-17(14-25-26)16-6-2-4-8-19(16)29(22)15-21(30)28-12-10-27(11-13-28)20-9-5-3-7-18(20)24/h2-9,14H,10-13,15H2,1H3. The molecule has 1 saturated heterocycles. The summed E-state index contributed by atoms with van der Waals surface area (Å²) in [6, 6.07) is 14.3.